The molecule has 5 nitrogen and oxygen atoms in total. The second kappa shape index (κ2) is 12.3. The number of nitrogens with zero attached hydrogens (tertiary/aromatic N) is 1. The van der Waals surface area contributed by atoms with E-state index in [-0.39, 0.29) is 17.8 Å². The molecule has 2 amide bonds. The van der Waals surface area contributed by atoms with Crippen LogP contribution < -0.4 is 9.47 Å². The van der Waals surface area contributed by atoms with Crippen molar-refractivity contribution < 1.29 is 19.1 Å². The minimum Gasteiger partial charge on any atom is -0.490 e. The average Bonchev–Trinajstić information content (AvgIpc) is 3.12. The maximum absolute atomic E-state index is 12.9. The number of carbonyl (C=O) groups is 2. The Morgan fingerprint density at radius 2 is 1.69 bits per heavy atom. The van der Waals surface area contributed by atoms with E-state index < -0.39 is 0 Å². The number of aryl methyl sites for hydroxylation is 1. The Kier molecular flexibility index (Phi) is 8.97. The van der Waals surface area contributed by atoms with Crippen LogP contribution in [0.5, 0.6) is 11.5 Å². The number of thioether (sulfide) groups is 1. The van der Waals surface area contributed by atoms with E-state index in [1.165, 1.54) is 10.5 Å². The van der Waals surface area contributed by atoms with E-state index in [9.17, 15) is 9.59 Å². The number of carbonyl (C=O) groups excluding carboxylic acids is 2. The standard InChI is InChI=1S/C28H25Cl2NO4S/c1-2-34-24-16-20(15-23(30)26(24)35-18-21-12-6-7-13-22(21)29)17-25-27(32)31(28(33)36-25)14-8-11-19-9-4-3-5-10-19/h3-7,9-10,12-13,15-17H,2,8,11,14,18H2,1H3/b25-17+. The topological polar surface area (TPSA) is 55.8 Å². The van der Waals surface area contributed by atoms with Crippen molar-refractivity contribution in [3.8, 4) is 11.5 Å². The van der Waals surface area contributed by atoms with Gasteiger partial charge in [-0.1, -0.05) is 71.7 Å². The fourth-order valence-corrected chi connectivity index (χ4v) is 5.10. The van der Waals surface area contributed by atoms with Crippen LogP contribution in [0, 0.1) is 0 Å². The number of hydrogen-bond donors (Lipinski definition) is 0. The zero-order valence-corrected chi connectivity index (χ0v) is 22.0. The lowest BCUT2D eigenvalue weighted by molar-refractivity contribution is -0.122. The monoisotopic (exact) mass is 541 g/mol. The third-order valence-electron chi connectivity index (χ3n) is 5.52. The summed E-state index contributed by atoms with van der Waals surface area (Å²) in [5.74, 6) is 0.543. The summed E-state index contributed by atoms with van der Waals surface area (Å²) in [7, 11) is 0. The van der Waals surface area contributed by atoms with Crippen molar-refractivity contribution in [1.82, 2.24) is 4.90 Å². The van der Waals surface area contributed by atoms with E-state index in [1.54, 1.807) is 24.3 Å². The third-order valence-corrected chi connectivity index (χ3v) is 7.08. The minimum atomic E-state index is -0.300. The Morgan fingerprint density at radius 3 is 2.44 bits per heavy atom. The van der Waals surface area contributed by atoms with Crippen molar-refractivity contribution in [3.63, 3.8) is 0 Å². The van der Waals surface area contributed by atoms with Crippen molar-refractivity contribution >= 4 is 52.2 Å². The molecule has 8 heteroatoms. The summed E-state index contributed by atoms with van der Waals surface area (Å²) in [5.41, 5.74) is 2.64. The summed E-state index contributed by atoms with van der Waals surface area (Å²) in [6, 6.07) is 20.8. The quantitative estimate of drug-likeness (QED) is 0.247. The lowest BCUT2D eigenvalue weighted by Crippen LogP contribution is -2.29. The van der Waals surface area contributed by atoms with Crippen LogP contribution in [0.25, 0.3) is 6.08 Å². The van der Waals surface area contributed by atoms with Crippen LogP contribution in [0.4, 0.5) is 4.79 Å². The van der Waals surface area contributed by atoms with Gasteiger partial charge in [0.05, 0.1) is 16.5 Å². The van der Waals surface area contributed by atoms with Crippen molar-refractivity contribution in [1.29, 1.82) is 0 Å². The lowest BCUT2D eigenvalue weighted by Gasteiger charge is -2.15. The molecule has 0 saturated carbocycles. The van der Waals surface area contributed by atoms with E-state index in [2.05, 4.69) is 0 Å². The van der Waals surface area contributed by atoms with Gasteiger partial charge in [0, 0.05) is 17.1 Å². The number of amides is 2. The molecule has 1 aliphatic rings. The molecule has 3 aromatic rings. The Balaban J connectivity index is 1.47. The van der Waals surface area contributed by atoms with E-state index in [1.807, 2.05) is 55.5 Å². The summed E-state index contributed by atoms with van der Waals surface area (Å²) < 4.78 is 11.7. The number of imide groups is 1. The van der Waals surface area contributed by atoms with Crippen LogP contribution in [-0.4, -0.2) is 29.2 Å². The van der Waals surface area contributed by atoms with Crippen molar-refractivity contribution in [2.45, 2.75) is 26.4 Å². The highest BCUT2D eigenvalue weighted by atomic mass is 35.5. The highest BCUT2D eigenvalue weighted by molar-refractivity contribution is 8.18. The van der Waals surface area contributed by atoms with Gasteiger partial charge in [0.15, 0.2) is 11.5 Å². The summed E-state index contributed by atoms with van der Waals surface area (Å²) in [6.07, 6.45) is 3.16. The van der Waals surface area contributed by atoms with Crippen molar-refractivity contribution in [2.75, 3.05) is 13.2 Å². The molecule has 0 bridgehead atoms. The fourth-order valence-electron chi connectivity index (χ4n) is 3.77. The molecular weight excluding hydrogens is 517 g/mol. The second-order valence-corrected chi connectivity index (χ2v) is 9.87. The molecule has 1 heterocycles. The number of halogens is 2. The van der Waals surface area contributed by atoms with Gasteiger partial charge < -0.3 is 9.47 Å². The summed E-state index contributed by atoms with van der Waals surface area (Å²) >= 11 is 13.7. The smallest absolute Gasteiger partial charge is 0.293 e. The molecular formula is C28H25Cl2NO4S. The van der Waals surface area contributed by atoms with Gasteiger partial charge in [-0.2, -0.15) is 0 Å². The molecule has 0 aliphatic carbocycles. The summed E-state index contributed by atoms with van der Waals surface area (Å²) in [5, 5.41) is 0.666. The molecule has 0 atom stereocenters. The van der Waals surface area contributed by atoms with Crippen LogP contribution in [0.2, 0.25) is 10.0 Å². The lowest BCUT2D eigenvalue weighted by atomic mass is 10.1. The molecule has 1 saturated heterocycles. The molecule has 1 fully saturated rings. The predicted molar refractivity (Wildman–Crippen MR) is 146 cm³/mol. The number of ether oxygens (including phenoxy) is 2. The molecule has 1 aliphatic heterocycles. The first-order chi connectivity index (χ1) is 17.5. The molecule has 3 aromatic carbocycles. The molecule has 0 aromatic heterocycles. The van der Waals surface area contributed by atoms with Crippen molar-refractivity contribution in [2.24, 2.45) is 0 Å². The molecule has 0 spiro atoms. The Labute approximate surface area is 225 Å². The number of benzene rings is 3. The van der Waals surface area contributed by atoms with E-state index in [0.717, 1.165) is 23.7 Å². The molecule has 0 radical (unpaired) electrons. The molecule has 186 valence electrons. The van der Waals surface area contributed by atoms with E-state index in [4.69, 9.17) is 32.7 Å². The zero-order valence-electron chi connectivity index (χ0n) is 19.7. The largest absolute Gasteiger partial charge is 0.490 e. The highest BCUT2D eigenvalue weighted by Gasteiger charge is 2.34. The van der Waals surface area contributed by atoms with Gasteiger partial charge >= 0.3 is 0 Å². The number of rotatable bonds is 10. The van der Waals surface area contributed by atoms with Crippen LogP contribution in [0.3, 0.4) is 0 Å². The maximum Gasteiger partial charge on any atom is 0.293 e. The molecule has 0 N–H and O–H groups in total. The van der Waals surface area contributed by atoms with Crippen LogP contribution in [0.1, 0.15) is 30.0 Å². The zero-order chi connectivity index (χ0) is 25.5. The Hall–Kier alpha value is -2.93. The normalized spacial score (nSPS) is 14.5. The Morgan fingerprint density at radius 1 is 0.944 bits per heavy atom. The predicted octanol–water partition coefficient (Wildman–Crippen LogP) is 7.64. The Bertz CT molecular complexity index is 1280. The van der Waals surface area contributed by atoms with Gasteiger partial charge in [-0.25, -0.2) is 0 Å². The summed E-state index contributed by atoms with van der Waals surface area (Å²) in [6.45, 7) is 2.86. The van der Waals surface area contributed by atoms with Gasteiger partial charge in [0.2, 0.25) is 0 Å². The van der Waals surface area contributed by atoms with Gasteiger partial charge in [-0.05, 0) is 66.9 Å². The third kappa shape index (κ3) is 6.44. The molecule has 4 rings (SSSR count). The summed E-state index contributed by atoms with van der Waals surface area (Å²) in [4.78, 5) is 27.1. The molecule has 0 unspecified atom stereocenters. The first-order valence-corrected chi connectivity index (χ1v) is 13.2. The van der Waals surface area contributed by atoms with Crippen molar-refractivity contribution in [3.05, 3.63) is 98.4 Å². The second-order valence-electron chi connectivity index (χ2n) is 8.07. The SMILES string of the molecule is CCOc1cc(/C=C2/SC(=O)N(CCCc3ccccc3)C2=O)cc(Cl)c1OCc1ccccc1Cl. The first-order valence-electron chi connectivity index (χ1n) is 11.6. The maximum atomic E-state index is 12.9. The van der Waals surface area contributed by atoms with Crippen LogP contribution in [-0.2, 0) is 17.8 Å². The average molecular weight is 542 g/mol. The fraction of sp³-hybridized carbons (Fsp3) is 0.214. The highest BCUT2D eigenvalue weighted by Crippen LogP contribution is 2.40. The van der Waals surface area contributed by atoms with Crippen LogP contribution >= 0.6 is 35.0 Å². The van der Waals surface area contributed by atoms with Crippen LogP contribution in [0.15, 0.2) is 71.6 Å². The van der Waals surface area contributed by atoms with Gasteiger partial charge in [0.25, 0.3) is 11.1 Å². The minimum absolute atomic E-state index is 0.223. The van der Waals surface area contributed by atoms with Gasteiger partial charge in [0.1, 0.15) is 6.61 Å². The number of hydrogen-bond acceptors (Lipinski definition) is 5. The van der Waals surface area contributed by atoms with E-state index in [0.29, 0.717) is 51.6 Å². The van der Waals surface area contributed by atoms with Gasteiger partial charge in [-0.15, -0.1) is 0 Å². The molecule has 36 heavy (non-hydrogen) atoms. The first kappa shape index (κ1) is 26.1. The van der Waals surface area contributed by atoms with E-state index >= 15 is 0 Å². The van der Waals surface area contributed by atoms with Gasteiger partial charge in [-0.3, -0.25) is 14.5 Å².